The molecule has 10 aromatic rings. The Morgan fingerprint density at radius 3 is 1.67 bits per heavy atom. The number of hydrogen-bond donors (Lipinski definition) is 0. The molecule has 2 nitrogen and oxygen atoms in total. The number of fused-ring (bicyclic) bond motifs is 14. The van der Waals surface area contributed by atoms with E-state index < -0.39 is 0 Å². The van der Waals surface area contributed by atoms with E-state index in [1.165, 1.54) is 54.2 Å². The van der Waals surface area contributed by atoms with Crippen molar-refractivity contribution in [1.82, 2.24) is 0 Å². The lowest BCUT2D eigenvalue weighted by Crippen LogP contribution is -1.84. The van der Waals surface area contributed by atoms with Crippen molar-refractivity contribution in [3.63, 3.8) is 0 Å². The molecule has 0 aliphatic rings. The number of hydrogen-bond acceptors (Lipinski definition) is 2. The van der Waals surface area contributed by atoms with Gasteiger partial charge in [0.05, 0.1) is 0 Å². The molecule has 42 heavy (non-hydrogen) atoms. The first-order chi connectivity index (χ1) is 20.8. The maximum atomic E-state index is 6.75. The molecule has 0 N–H and O–H groups in total. The monoisotopic (exact) mass is 534 g/mol. The normalized spacial score (nSPS) is 12.3. The van der Waals surface area contributed by atoms with Crippen LogP contribution in [-0.2, 0) is 0 Å². The highest BCUT2D eigenvalue weighted by Gasteiger charge is 2.19. The molecule has 0 bridgehead atoms. The van der Waals surface area contributed by atoms with E-state index in [9.17, 15) is 0 Å². The molecule has 0 aliphatic heterocycles. The van der Waals surface area contributed by atoms with E-state index >= 15 is 0 Å². The van der Waals surface area contributed by atoms with Crippen molar-refractivity contribution in [3.8, 4) is 11.1 Å². The molecule has 0 unspecified atom stereocenters. The lowest BCUT2D eigenvalue weighted by atomic mass is 9.92. The molecule has 2 heterocycles. The van der Waals surface area contributed by atoms with Gasteiger partial charge in [-0.2, -0.15) is 0 Å². The molecule has 10 rings (SSSR count). The van der Waals surface area contributed by atoms with Gasteiger partial charge in [-0.05, 0) is 73.8 Å². The third kappa shape index (κ3) is 2.88. The quantitative estimate of drug-likeness (QED) is 0.209. The van der Waals surface area contributed by atoms with Crippen LogP contribution in [0.25, 0.3) is 98.1 Å². The minimum Gasteiger partial charge on any atom is -0.456 e. The summed E-state index contributed by atoms with van der Waals surface area (Å²) < 4.78 is 13.1. The average Bonchev–Trinajstić information content (AvgIpc) is 3.64. The van der Waals surface area contributed by atoms with Crippen molar-refractivity contribution in [2.45, 2.75) is 0 Å². The van der Waals surface area contributed by atoms with E-state index in [2.05, 4.69) is 133 Å². The van der Waals surface area contributed by atoms with Crippen molar-refractivity contribution in [3.05, 3.63) is 133 Å². The molecule has 2 heteroatoms. The van der Waals surface area contributed by atoms with E-state index in [-0.39, 0.29) is 0 Å². The SMILES string of the molecule is c1ccc2c(c1)ccc1c2oc2c3ccccc3cc(-c3ccc4c(ccc5oc6ccc7ccccc7c6c54)c3)c12. The minimum absolute atomic E-state index is 0.919. The summed E-state index contributed by atoms with van der Waals surface area (Å²) >= 11 is 0. The van der Waals surface area contributed by atoms with Crippen molar-refractivity contribution < 1.29 is 8.83 Å². The molecule has 0 saturated heterocycles. The van der Waals surface area contributed by atoms with E-state index in [1.54, 1.807) is 0 Å². The summed E-state index contributed by atoms with van der Waals surface area (Å²) in [7, 11) is 0. The van der Waals surface area contributed by atoms with Crippen LogP contribution >= 0.6 is 0 Å². The summed E-state index contributed by atoms with van der Waals surface area (Å²) in [6, 6.07) is 47.7. The van der Waals surface area contributed by atoms with Gasteiger partial charge in [-0.25, -0.2) is 0 Å². The Kier molecular flexibility index (Phi) is 4.21. The van der Waals surface area contributed by atoms with Crippen molar-refractivity contribution >= 4 is 87.0 Å². The number of benzene rings is 8. The zero-order valence-corrected chi connectivity index (χ0v) is 22.5. The summed E-state index contributed by atoms with van der Waals surface area (Å²) in [5.74, 6) is 0. The third-order valence-corrected chi connectivity index (χ3v) is 9.01. The second kappa shape index (κ2) is 7.99. The predicted molar refractivity (Wildman–Crippen MR) is 176 cm³/mol. The Morgan fingerprint density at radius 2 is 0.881 bits per heavy atom. The van der Waals surface area contributed by atoms with Crippen LogP contribution in [0.2, 0.25) is 0 Å². The smallest absolute Gasteiger partial charge is 0.143 e. The summed E-state index contributed by atoms with van der Waals surface area (Å²) in [6.45, 7) is 0. The highest BCUT2D eigenvalue weighted by molar-refractivity contribution is 6.28. The molecule has 8 aromatic carbocycles. The van der Waals surface area contributed by atoms with Crippen LogP contribution in [0.3, 0.4) is 0 Å². The standard InChI is InChI=1S/C40H22O2/c1-4-10-28-23(7-1)15-19-34-37(28)38-29-17-14-27(21-26(29)16-20-35(38)41-34)33-22-25-9-3-6-12-31(25)40-36(33)32-18-13-24-8-2-5-11-30(24)39(32)42-40/h1-22H. The predicted octanol–water partition coefficient (Wildman–Crippen LogP) is 11.8. The summed E-state index contributed by atoms with van der Waals surface area (Å²) in [4.78, 5) is 0. The molecule has 2 aromatic heterocycles. The molecule has 0 amide bonds. The minimum atomic E-state index is 0.919. The van der Waals surface area contributed by atoms with Gasteiger partial charge < -0.3 is 8.83 Å². The van der Waals surface area contributed by atoms with Gasteiger partial charge in [0, 0.05) is 32.3 Å². The van der Waals surface area contributed by atoms with Crippen LogP contribution in [0.5, 0.6) is 0 Å². The van der Waals surface area contributed by atoms with Crippen LogP contribution in [0.1, 0.15) is 0 Å². The van der Waals surface area contributed by atoms with Gasteiger partial charge in [0.1, 0.15) is 22.3 Å². The van der Waals surface area contributed by atoms with Gasteiger partial charge in [-0.15, -0.1) is 0 Å². The van der Waals surface area contributed by atoms with Gasteiger partial charge in [-0.1, -0.05) is 103 Å². The fourth-order valence-corrected chi connectivity index (χ4v) is 7.10. The summed E-state index contributed by atoms with van der Waals surface area (Å²) in [5.41, 5.74) is 6.08. The second-order valence-corrected chi connectivity index (χ2v) is 11.3. The Labute approximate surface area is 240 Å². The van der Waals surface area contributed by atoms with E-state index in [4.69, 9.17) is 8.83 Å². The number of rotatable bonds is 1. The van der Waals surface area contributed by atoms with Crippen LogP contribution in [0.4, 0.5) is 0 Å². The molecule has 0 fully saturated rings. The maximum absolute atomic E-state index is 6.75. The van der Waals surface area contributed by atoms with Crippen LogP contribution in [-0.4, -0.2) is 0 Å². The molecule has 194 valence electrons. The van der Waals surface area contributed by atoms with Gasteiger partial charge >= 0.3 is 0 Å². The second-order valence-electron chi connectivity index (χ2n) is 11.3. The van der Waals surface area contributed by atoms with Gasteiger partial charge in [0.25, 0.3) is 0 Å². The molecule has 0 radical (unpaired) electrons. The van der Waals surface area contributed by atoms with Gasteiger partial charge in [0.15, 0.2) is 0 Å². The first kappa shape index (κ1) is 22.1. The first-order valence-electron chi connectivity index (χ1n) is 14.3. The van der Waals surface area contributed by atoms with E-state index in [0.29, 0.717) is 0 Å². The largest absolute Gasteiger partial charge is 0.456 e. The molecule has 0 saturated carbocycles. The molecular weight excluding hydrogens is 512 g/mol. The fourth-order valence-electron chi connectivity index (χ4n) is 7.10. The zero-order valence-electron chi connectivity index (χ0n) is 22.5. The highest BCUT2D eigenvalue weighted by atomic mass is 16.3. The van der Waals surface area contributed by atoms with Crippen molar-refractivity contribution in [2.75, 3.05) is 0 Å². The molecule has 0 aliphatic carbocycles. The highest BCUT2D eigenvalue weighted by Crippen LogP contribution is 2.45. The van der Waals surface area contributed by atoms with Crippen LogP contribution in [0, 0.1) is 0 Å². The lowest BCUT2D eigenvalue weighted by Gasteiger charge is -2.10. The van der Waals surface area contributed by atoms with Crippen LogP contribution < -0.4 is 0 Å². The number of furan rings is 2. The average molecular weight is 535 g/mol. The maximum Gasteiger partial charge on any atom is 0.143 e. The van der Waals surface area contributed by atoms with Gasteiger partial charge in [-0.3, -0.25) is 0 Å². The summed E-state index contributed by atoms with van der Waals surface area (Å²) in [6.07, 6.45) is 0. The Bertz CT molecular complexity index is 2740. The van der Waals surface area contributed by atoms with Crippen LogP contribution in [0.15, 0.2) is 142 Å². The first-order valence-corrected chi connectivity index (χ1v) is 14.3. The van der Waals surface area contributed by atoms with Gasteiger partial charge in [0.2, 0.25) is 0 Å². The van der Waals surface area contributed by atoms with E-state index in [0.717, 1.165) is 43.9 Å². The van der Waals surface area contributed by atoms with E-state index in [1.807, 2.05) is 0 Å². The Morgan fingerprint density at radius 1 is 0.333 bits per heavy atom. The van der Waals surface area contributed by atoms with Crippen molar-refractivity contribution in [1.29, 1.82) is 0 Å². The summed E-state index contributed by atoms with van der Waals surface area (Å²) in [5, 5.41) is 14.1. The topological polar surface area (TPSA) is 26.3 Å². The third-order valence-electron chi connectivity index (χ3n) is 9.01. The fraction of sp³-hybridized carbons (Fsp3) is 0. The molecular formula is C40H22O2. The Balaban J connectivity index is 1.31. The Hall–Kier alpha value is -5.60. The lowest BCUT2D eigenvalue weighted by molar-refractivity contribution is 0.669. The zero-order chi connectivity index (χ0) is 27.4. The molecule has 0 atom stereocenters. The van der Waals surface area contributed by atoms with Crippen molar-refractivity contribution in [2.24, 2.45) is 0 Å². The molecule has 0 spiro atoms.